The second-order valence-corrected chi connectivity index (χ2v) is 16.8. The third kappa shape index (κ3) is 10.0. The van der Waals surface area contributed by atoms with Crippen molar-refractivity contribution in [3.63, 3.8) is 0 Å². The van der Waals surface area contributed by atoms with Crippen LogP contribution >= 0.6 is 0 Å². The van der Waals surface area contributed by atoms with Crippen LogP contribution in [0.3, 0.4) is 0 Å². The summed E-state index contributed by atoms with van der Waals surface area (Å²) in [5.41, 5.74) is 8.56. The second-order valence-electron chi connectivity index (χ2n) is 16.8. The Hall–Kier alpha value is -4.08. The van der Waals surface area contributed by atoms with Gasteiger partial charge in [0.25, 0.3) is 0 Å². The fraction of sp³-hybridized carbons (Fsp3) is 0.636. The number of amides is 1. The van der Waals surface area contributed by atoms with Crippen LogP contribution in [-0.4, -0.2) is 129 Å². The van der Waals surface area contributed by atoms with Crippen LogP contribution < -0.4 is 20.5 Å². The minimum Gasteiger partial charge on any atom is -0.497 e. The Morgan fingerprint density at radius 3 is 1.57 bits per heavy atom. The van der Waals surface area contributed by atoms with E-state index in [-0.39, 0.29) is 60.1 Å². The van der Waals surface area contributed by atoms with Gasteiger partial charge in [0, 0.05) is 38.3 Å². The fourth-order valence-corrected chi connectivity index (χ4v) is 9.77. The van der Waals surface area contributed by atoms with Crippen LogP contribution in [-0.2, 0) is 46.2 Å². The second kappa shape index (κ2) is 19.3. The number of nitrogens with one attached hydrogen (secondary N) is 1. The van der Waals surface area contributed by atoms with E-state index in [0.29, 0.717) is 6.04 Å². The van der Waals surface area contributed by atoms with Gasteiger partial charge in [-0.15, -0.1) is 0 Å². The molecule has 58 heavy (non-hydrogen) atoms. The molecule has 7 heterocycles. The molecule has 7 saturated heterocycles. The van der Waals surface area contributed by atoms with Gasteiger partial charge in [-0.05, 0) is 113 Å². The van der Waals surface area contributed by atoms with Gasteiger partial charge in [-0.25, -0.2) is 0 Å². The molecule has 316 valence electrons. The monoisotopic (exact) mass is 804 g/mol. The number of aliphatic carboxylic acids is 1. The zero-order valence-corrected chi connectivity index (χ0v) is 33.8. The summed E-state index contributed by atoms with van der Waals surface area (Å²) in [4.78, 5) is 51.6. The first-order chi connectivity index (χ1) is 28.1. The number of rotatable bonds is 11. The summed E-state index contributed by atoms with van der Waals surface area (Å²) >= 11 is 0. The Balaban J connectivity index is 0.000000148. The molecule has 1 amide bonds. The maximum Gasteiger partial charge on any atom is 0.320 e. The number of methoxy groups -OCH3 is 2. The van der Waals surface area contributed by atoms with Gasteiger partial charge in [0.1, 0.15) is 11.5 Å². The number of carboxylic acids is 1. The molecule has 8 unspecified atom stereocenters. The molecular weight excluding hydrogens is 745 g/mol. The first-order valence-corrected chi connectivity index (χ1v) is 21.2. The van der Waals surface area contributed by atoms with Crippen molar-refractivity contribution in [1.82, 2.24) is 15.1 Å². The third-order valence-electron chi connectivity index (χ3n) is 13.2. The number of carbonyl (C=O) groups is 4. The van der Waals surface area contributed by atoms with E-state index in [9.17, 15) is 24.3 Å². The molecule has 4 N–H and O–H groups in total. The lowest BCUT2D eigenvalue weighted by atomic mass is 9.78. The van der Waals surface area contributed by atoms with Crippen molar-refractivity contribution in [1.29, 1.82) is 0 Å². The van der Waals surface area contributed by atoms with Crippen molar-refractivity contribution >= 4 is 23.8 Å². The van der Waals surface area contributed by atoms with Gasteiger partial charge in [0.05, 0.1) is 62.3 Å². The van der Waals surface area contributed by atoms with Crippen molar-refractivity contribution < 1.29 is 48.0 Å². The zero-order chi connectivity index (χ0) is 40.8. The molecular formula is C44H60N4O10. The number of carbonyl (C=O) groups excluding carboxylic acids is 3. The quantitative estimate of drug-likeness (QED) is 0.223. The molecule has 0 radical (unpaired) electrons. The molecule has 2 aromatic rings. The highest BCUT2D eigenvalue weighted by molar-refractivity contribution is 5.98. The Kier molecular flexibility index (Phi) is 14.0. The number of benzene rings is 2. The molecule has 4 bridgehead atoms. The molecule has 0 aromatic heterocycles. The minimum atomic E-state index is -0.911. The summed E-state index contributed by atoms with van der Waals surface area (Å²) in [6.07, 6.45) is 8.89. The third-order valence-corrected chi connectivity index (χ3v) is 13.2. The highest BCUT2D eigenvalue weighted by Gasteiger charge is 2.61. The molecule has 2 aromatic carbocycles. The van der Waals surface area contributed by atoms with Gasteiger partial charge in [-0.1, -0.05) is 24.3 Å². The van der Waals surface area contributed by atoms with Crippen LogP contribution in [0.5, 0.6) is 11.5 Å². The van der Waals surface area contributed by atoms with E-state index in [1.165, 1.54) is 11.1 Å². The molecule has 0 spiro atoms. The normalized spacial score (nSPS) is 30.5. The number of carboxylic acid groups (broad SMARTS) is 1. The zero-order valence-electron chi connectivity index (χ0n) is 33.8. The number of likely N-dealkylation sites (tertiary alicyclic amines) is 2. The maximum atomic E-state index is 12.8. The summed E-state index contributed by atoms with van der Waals surface area (Å²) < 4.78 is 26.1. The van der Waals surface area contributed by atoms with Crippen LogP contribution in [0.2, 0.25) is 0 Å². The highest BCUT2D eigenvalue weighted by atomic mass is 16.6. The number of piperidine rings is 2. The molecule has 0 aliphatic carbocycles. The number of hydrogen-bond acceptors (Lipinski definition) is 12. The fourth-order valence-electron chi connectivity index (χ4n) is 9.77. The van der Waals surface area contributed by atoms with E-state index in [1.54, 1.807) is 14.2 Å². The Morgan fingerprint density at radius 2 is 1.10 bits per heavy atom. The average molecular weight is 805 g/mol. The number of nitrogens with two attached hydrogens (primary N) is 1. The van der Waals surface area contributed by atoms with Crippen molar-refractivity contribution in [2.75, 3.05) is 53.5 Å². The van der Waals surface area contributed by atoms with E-state index < -0.39 is 17.8 Å². The van der Waals surface area contributed by atoms with Gasteiger partial charge in [-0.2, -0.15) is 0 Å². The van der Waals surface area contributed by atoms with E-state index in [2.05, 4.69) is 44.1 Å². The van der Waals surface area contributed by atoms with Crippen molar-refractivity contribution in [3.8, 4) is 11.5 Å². The standard InChI is InChI=1S/C22H30N2O5.C14H22N2O.C8H8O4/c1-28-16-4-2-14(3-5-16)8-11-24-12-9-15(10-13-24)23-21(25)19-17-6-7-18(29-17)20(19)22(26)27;1-17-14-4-2-12(3-5-14)6-9-16-10-7-13(15)8-11-16;9-7-5-3-1-2-4(11-3)6(5)8(10)12-7/h2-5,15,17-20H,6-13H2,1H3,(H,23,25)(H,26,27);2-5,13H,6-11,15H2,1H3;3-6H,1-2H2. The van der Waals surface area contributed by atoms with Gasteiger partial charge in [0.15, 0.2) is 0 Å². The van der Waals surface area contributed by atoms with Crippen molar-refractivity contribution in [2.24, 2.45) is 29.4 Å². The van der Waals surface area contributed by atoms with Crippen molar-refractivity contribution in [2.45, 2.75) is 101 Å². The molecule has 14 nitrogen and oxygen atoms in total. The van der Waals surface area contributed by atoms with E-state index in [1.807, 2.05) is 24.3 Å². The molecule has 8 atom stereocenters. The van der Waals surface area contributed by atoms with E-state index in [4.69, 9.17) is 24.7 Å². The number of esters is 2. The lowest BCUT2D eigenvalue weighted by Gasteiger charge is -2.33. The van der Waals surface area contributed by atoms with Crippen molar-refractivity contribution in [3.05, 3.63) is 59.7 Å². The maximum absolute atomic E-state index is 12.8. The average Bonchev–Trinajstić information content (AvgIpc) is 4.10. The van der Waals surface area contributed by atoms with Gasteiger partial charge in [0.2, 0.25) is 5.91 Å². The Morgan fingerprint density at radius 1 is 0.672 bits per heavy atom. The van der Waals surface area contributed by atoms with Crippen LogP contribution in [0.4, 0.5) is 0 Å². The molecule has 7 aliphatic heterocycles. The predicted octanol–water partition coefficient (Wildman–Crippen LogP) is 3.22. The van der Waals surface area contributed by atoms with E-state index in [0.717, 1.165) is 115 Å². The van der Waals surface area contributed by atoms with Crippen LogP contribution in [0.15, 0.2) is 48.5 Å². The summed E-state index contributed by atoms with van der Waals surface area (Å²) in [5.74, 6) is -1.81. The number of nitrogens with zero attached hydrogens (tertiary/aromatic N) is 2. The molecule has 7 aliphatic rings. The molecule has 0 saturated carbocycles. The first-order valence-electron chi connectivity index (χ1n) is 21.2. The van der Waals surface area contributed by atoms with E-state index >= 15 is 0 Å². The topological polar surface area (TPSA) is 179 Å². The highest BCUT2D eigenvalue weighted by Crippen LogP contribution is 2.47. The Labute approximate surface area is 341 Å². The summed E-state index contributed by atoms with van der Waals surface area (Å²) in [7, 11) is 3.37. The number of ether oxygens (including phenoxy) is 5. The molecule has 14 heteroatoms. The van der Waals surface area contributed by atoms with Gasteiger partial charge in [-0.3, -0.25) is 19.2 Å². The summed E-state index contributed by atoms with van der Waals surface area (Å²) in [6, 6.07) is 17.1. The SMILES string of the molecule is COc1ccc(CCN2CCC(N)CC2)cc1.COc1ccc(CCN2CCC(NC(=O)C3C4CCC(O4)C3C(=O)O)CC2)cc1.O=C1OC(=O)C2C3CCC(O3)C12. The lowest BCUT2D eigenvalue weighted by Crippen LogP contribution is -2.50. The number of cyclic esters (lactones) is 2. The van der Waals surface area contributed by atoms with Crippen LogP contribution in [0.25, 0.3) is 0 Å². The number of fused-ring (bicyclic) bond motifs is 7. The predicted molar refractivity (Wildman–Crippen MR) is 213 cm³/mol. The summed E-state index contributed by atoms with van der Waals surface area (Å²) in [5, 5.41) is 12.6. The molecule has 7 fully saturated rings. The lowest BCUT2D eigenvalue weighted by molar-refractivity contribution is -0.156. The number of hydrogen-bond donors (Lipinski definition) is 3. The molecule has 9 rings (SSSR count). The van der Waals surface area contributed by atoms with Gasteiger partial charge >= 0.3 is 17.9 Å². The smallest absolute Gasteiger partial charge is 0.320 e. The largest absolute Gasteiger partial charge is 0.497 e. The van der Waals surface area contributed by atoms with Crippen LogP contribution in [0, 0.1) is 23.7 Å². The minimum absolute atomic E-state index is 0.0426. The van der Waals surface area contributed by atoms with Crippen LogP contribution in [0.1, 0.15) is 62.5 Å². The Bertz CT molecular complexity index is 1680. The summed E-state index contributed by atoms with van der Waals surface area (Å²) in [6.45, 7) is 6.31. The van der Waals surface area contributed by atoms with Gasteiger partial charge < -0.3 is 49.6 Å². The first kappa shape index (κ1) is 42.1.